The Morgan fingerprint density at radius 3 is 2.83 bits per heavy atom. The summed E-state index contributed by atoms with van der Waals surface area (Å²) in [4.78, 5) is 22.3. The van der Waals surface area contributed by atoms with Gasteiger partial charge in [-0.2, -0.15) is 5.10 Å². The molecule has 1 saturated heterocycles. The lowest BCUT2D eigenvalue weighted by molar-refractivity contribution is 0.0376. The lowest BCUT2D eigenvalue weighted by atomic mass is 10.1. The quantitative estimate of drug-likeness (QED) is 0.596. The van der Waals surface area contributed by atoms with Gasteiger partial charge < -0.3 is 4.74 Å². The number of hydrogen-bond donors (Lipinski definition) is 0. The molecule has 3 heterocycles. The highest BCUT2D eigenvalue weighted by atomic mass is 32.1. The second-order valence-electron chi connectivity index (χ2n) is 7.25. The summed E-state index contributed by atoms with van der Waals surface area (Å²) in [5.41, 5.74) is 2.67. The number of morpholine rings is 1. The molecule has 0 unspecified atom stereocenters. The van der Waals surface area contributed by atoms with Crippen molar-refractivity contribution in [2.75, 3.05) is 44.3 Å². The monoisotopic (exact) mass is 413 g/mol. The number of thiazole rings is 1. The number of amides is 1. The van der Waals surface area contributed by atoms with Gasteiger partial charge in [-0.3, -0.25) is 19.3 Å². The summed E-state index contributed by atoms with van der Waals surface area (Å²) in [7, 11) is 1.82. The lowest BCUT2D eigenvalue weighted by Gasteiger charge is -2.27. The first kappa shape index (κ1) is 20.0. The summed E-state index contributed by atoms with van der Waals surface area (Å²) in [5.74, 6) is -0.0929. The van der Waals surface area contributed by atoms with Gasteiger partial charge >= 0.3 is 0 Å². The molecule has 8 heteroatoms. The molecule has 1 aromatic carbocycles. The van der Waals surface area contributed by atoms with Crippen molar-refractivity contribution in [3.63, 3.8) is 0 Å². The molecule has 0 N–H and O–H groups in total. The smallest absolute Gasteiger partial charge is 0.280 e. The molecule has 2 aromatic heterocycles. The number of carbonyl (C=O) groups excluding carboxylic acids is 1. The van der Waals surface area contributed by atoms with Crippen LogP contribution in [0, 0.1) is 0 Å². The zero-order valence-electron chi connectivity index (χ0n) is 17.0. The zero-order valence-corrected chi connectivity index (χ0v) is 17.8. The number of rotatable bonds is 7. The van der Waals surface area contributed by atoms with Gasteiger partial charge in [0, 0.05) is 39.4 Å². The second kappa shape index (κ2) is 9.02. The Morgan fingerprint density at radius 1 is 1.28 bits per heavy atom. The number of aryl methyl sites for hydroxylation is 2. The first-order valence-corrected chi connectivity index (χ1v) is 11.0. The van der Waals surface area contributed by atoms with E-state index in [1.54, 1.807) is 33.2 Å². The number of anilines is 1. The van der Waals surface area contributed by atoms with E-state index >= 15 is 0 Å². The fourth-order valence-electron chi connectivity index (χ4n) is 3.62. The average molecular weight is 414 g/mol. The van der Waals surface area contributed by atoms with E-state index in [9.17, 15) is 4.79 Å². The standard InChI is InChI=1S/C21H27N5O2S/c1-3-16-6-4-7-18-19(16)22-21(29-18)26(20(27)17-8-11-24(2)23-17)10-5-9-25-12-14-28-15-13-25/h4,6-8,11H,3,5,9-10,12-15H2,1-2H3. The Morgan fingerprint density at radius 2 is 2.10 bits per heavy atom. The minimum absolute atomic E-state index is 0.0929. The van der Waals surface area contributed by atoms with Crippen molar-refractivity contribution in [1.82, 2.24) is 19.7 Å². The van der Waals surface area contributed by atoms with Gasteiger partial charge in [-0.1, -0.05) is 30.4 Å². The number of carbonyl (C=O) groups is 1. The molecule has 1 fully saturated rings. The van der Waals surface area contributed by atoms with Crippen LogP contribution in [-0.2, 0) is 18.2 Å². The third-order valence-corrected chi connectivity index (χ3v) is 6.28. The highest BCUT2D eigenvalue weighted by molar-refractivity contribution is 7.22. The van der Waals surface area contributed by atoms with Crippen LogP contribution in [0.15, 0.2) is 30.5 Å². The van der Waals surface area contributed by atoms with E-state index in [0.717, 1.165) is 61.0 Å². The van der Waals surface area contributed by atoms with E-state index in [0.29, 0.717) is 12.2 Å². The maximum Gasteiger partial charge on any atom is 0.280 e. The van der Waals surface area contributed by atoms with E-state index in [1.807, 2.05) is 7.05 Å². The number of nitrogens with zero attached hydrogens (tertiary/aromatic N) is 5. The van der Waals surface area contributed by atoms with E-state index < -0.39 is 0 Å². The second-order valence-corrected chi connectivity index (χ2v) is 8.26. The predicted molar refractivity (Wildman–Crippen MR) is 116 cm³/mol. The molecule has 154 valence electrons. The van der Waals surface area contributed by atoms with Crippen LogP contribution < -0.4 is 4.90 Å². The fraction of sp³-hybridized carbons (Fsp3) is 0.476. The van der Waals surface area contributed by atoms with Crippen LogP contribution in [0.1, 0.15) is 29.4 Å². The Bertz CT molecular complexity index is 977. The van der Waals surface area contributed by atoms with Gasteiger partial charge in [-0.25, -0.2) is 4.98 Å². The Labute approximate surface area is 174 Å². The van der Waals surface area contributed by atoms with E-state index in [-0.39, 0.29) is 5.91 Å². The number of benzene rings is 1. The van der Waals surface area contributed by atoms with Gasteiger partial charge in [0.25, 0.3) is 5.91 Å². The normalized spacial score (nSPS) is 15.1. The van der Waals surface area contributed by atoms with Crippen molar-refractivity contribution in [2.24, 2.45) is 7.05 Å². The molecule has 0 aliphatic carbocycles. The molecule has 4 rings (SSSR count). The van der Waals surface area contributed by atoms with Crippen LogP contribution in [0.25, 0.3) is 10.2 Å². The summed E-state index contributed by atoms with van der Waals surface area (Å²) in [6, 6.07) is 8.01. The van der Waals surface area contributed by atoms with Crippen LogP contribution in [0.3, 0.4) is 0 Å². The van der Waals surface area contributed by atoms with Crippen LogP contribution in [0.2, 0.25) is 0 Å². The third kappa shape index (κ3) is 4.49. The minimum Gasteiger partial charge on any atom is -0.379 e. The molecule has 0 radical (unpaired) electrons. The SMILES string of the molecule is CCc1cccc2sc(N(CCCN3CCOCC3)C(=O)c3ccn(C)n3)nc12. The van der Waals surface area contributed by atoms with Crippen molar-refractivity contribution in [1.29, 1.82) is 0 Å². The topological polar surface area (TPSA) is 63.5 Å². The van der Waals surface area contributed by atoms with Crippen LogP contribution in [0.5, 0.6) is 0 Å². The van der Waals surface area contributed by atoms with Crippen molar-refractivity contribution < 1.29 is 9.53 Å². The maximum absolute atomic E-state index is 13.3. The van der Waals surface area contributed by atoms with Crippen LogP contribution in [0.4, 0.5) is 5.13 Å². The largest absolute Gasteiger partial charge is 0.379 e. The van der Waals surface area contributed by atoms with Crippen LogP contribution in [-0.4, -0.2) is 65.0 Å². The first-order chi connectivity index (χ1) is 14.2. The summed E-state index contributed by atoms with van der Waals surface area (Å²) < 4.78 is 8.20. The van der Waals surface area contributed by atoms with Gasteiger partial charge in [0.15, 0.2) is 10.8 Å². The van der Waals surface area contributed by atoms with Crippen LogP contribution >= 0.6 is 11.3 Å². The van der Waals surface area contributed by atoms with Gasteiger partial charge in [0.2, 0.25) is 0 Å². The van der Waals surface area contributed by atoms with Crippen molar-refractivity contribution >= 4 is 32.6 Å². The lowest BCUT2D eigenvalue weighted by Crippen LogP contribution is -2.39. The van der Waals surface area contributed by atoms with Gasteiger partial charge in [-0.15, -0.1) is 0 Å². The van der Waals surface area contributed by atoms with Gasteiger partial charge in [0.1, 0.15) is 0 Å². The molecule has 7 nitrogen and oxygen atoms in total. The van der Waals surface area contributed by atoms with Gasteiger partial charge in [-0.05, 0) is 30.5 Å². The number of fused-ring (bicyclic) bond motifs is 1. The summed E-state index contributed by atoms with van der Waals surface area (Å²) >= 11 is 1.58. The van der Waals surface area contributed by atoms with E-state index in [1.165, 1.54) is 5.56 Å². The zero-order chi connectivity index (χ0) is 20.2. The minimum atomic E-state index is -0.0929. The number of aromatic nitrogens is 3. The average Bonchev–Trinajstić information content (AvgIpc) is 3.37. The third-order valence-electron chi connectivity index (χ3n) is 5.24. The molecule has 0 saturated carbocycles. The molecular weight excluding hydrogens is 386 g/mol. The molecule has 0 spiro atoms. The fourth-order valence-corrected chi connectivity index (χ4v) is 4.66. The van der Waals surface area contributed by atoms with E-state index in [4.69, 9.17) is 9.72 Å². The Balaban J connectivity index is 1.58. The predicted octanol–water partition coefficient (Wildman–Crippen LogP) is 2.96. The van der Waals surface area contributed by atoms with Crippen molar-refractivity contribution in [3.8, 4) is 0 Å². The molecule has 1 aliphatic rings. The highest BCUT2D eigenvalue weighted by Crippen LogP contribution is 2.32. The Kier molecular flexibility index (Phi) is 6.22. The summed E-state index contributed by atoms with van der Waals surface area (Å²) in [6.45, 7) is 7.17. The number of para-hydroxylation sites is 1. The van der Waals surface area contributed by atoms with E-state index in [2.05, 4.69) is 35.1 Å². The molecular formula is C21H27N5O2S. The molecule has 29 heavy (non-hydrogen) atoms. The molecule has 1 aliphatic heterocycles. The number of hydrogen-bond acceptors (Lipinski definition) is 6. The number of ether oxygens (including phenoxy) is 1. The van der Waals surface area contributed by atoms with Gasteiger partial charge in [0.05, 0.1) is 23.4 Å². The molecule has 1 amide bonds. The Hall–Kier alpha value is -2.29. The maximum atomic E-state index is 13.3. The summed E-state index contributed by atoms with van der Waals surface area (Å²) in [5, 5.41) is 5.07. The highest BCUT2D eigenvalue weighted by Gasteiger charge is 2.24. The van der Waals surface area contributed by atoms with Crippen molar-refractivity contribution in [3.05, 3.63) is 41.7 Å². The first-order valence-electron chi connectivity index (χ1n) is 10.2. The molecule has 0 bridgehead atoms. The molecule has 0 atom stereocenters. The molecule has 3 aromatic rings. The van der Waals surface area contributed by atoms with Crippen molar-refractivity contribution in [2.45, 2.75) is 19.8 Å². The summed E-state index contributed by atoms with van der Waals surface area (Å²) in [6.07, 6.45) is 3.60.